The Morgan fingerprint density at radius 3 is 2.54 bits per heavy atom. The summed E-state index contributed by atoms with van der Waals surface area (Å²) in [5.74, 6) is 0.799. The van der Waals surface area contributed by atoms with Crippen LogP contribution in [-0.4, -0.2) is 12.2 Å². The minimum Gasteiger partial charge on any atom is -0.496 e. The largest absolute Gasteiger partial charge is 0.496 e. The van der Waals surface area contributed by atoms with Gasteiger partial charge in [-0.05, 0) is 31.0 Å². The molecular formula is C10H13ClO2. The van der Waals surface area contributed by atoms with Gasteiger partial charge in [0.1, 0.15) is 5.75 Å². The second kappa shape index (κ2) is 3.99. The van der Waals surface area contributed by atoms with Gasteiger partial charge in [-0.15, -0.1) is 0 Å². The molecule has 0 aliphatic carbocycles. The molecule has 13 heavy (non-hydrogen) atoms. The molecule has 0 unspecified atom stereocenters. The van der Waals surface area contributed by atoms with Crippen molar-refractivity contribution >= 4 is 11.6 Å². The lowest BCUT2D eigenvalue weighted by Crippen LogP contribution is -1.97. The highest BCUT2D eigenvalue weighted by molar-refractivity contribution is 6.31. The highest BCUT2D eigenvalue weighted by atomic mass is 35.5. The Morgan fingerprint density at radius 1 is 1.46 bits per heavy atom. The average molecular weight is 201 g/mol. The van der Waals surface area contributed by atoms with Crippen molar-refractivity contribution in [2.75, 3.05) is 7.11 Å². The average Bonchev–Trinajstić information content (AvgIpc) is 2.04. The third-order valence-electron chi connectivity index (χ3n) is 2.15. The van der Waals surface area contributed by atoms with Gasteiger partial charge in [-0.1, -0.05) is 11.6 Å². The maximum absolute atomic E-state index is 9.07. The van der Waals surface area contributed by atoms with E-state index in [1.165, 1.54) is 0 Å². The lowest BCUT2D eigenvalue weighted by Gasteiger charge is -2.13. The summed E-state index contributed by atoms with van der Waals surface area (Å²) in [4.78, 5) is 0. The molecule has 0 saturated carbocycles. The number of aliphatic hydroxyl groups is 1. The van der Waals surface area contributed by atoms with Crippen LogP contribution in [0.15, 0.2) is 6.07 Å². The van der Waals surface area contributed by atoms with Gasteiger partial charge >= 0.3 is 0 Å². The van der Waals surface area contributed by atoms with Crippen LogP contribution in [0.4, 0.5) is 0 Å². The van der Waals surface area contributed by atoms with Crippen LogP contribution in [0.5, 0.6) is 5.75 Å². The van der Waals surface area contributed by atoms with Gasteiger partial charge in [0, 0.05) is 10.6 Å². The van der Waals surface area contributed by atoms with Crippen LogP contribution in [0, 0.1) is 13.8 Å². The number of aryl methyl sites for hydroxylation is 1. The summed E-state index contributed by atoms with van der Waals surface area (Å²) in [6.45, 7) is 3.77. The fraction of sp³-hybridized carbons (Fsp3) is 0.400. The fourth-order valence-electron chi connectivity index (χ4n) is 1.46. The molecule has 0 fully saturated rings. The number of aliphatic hydroxyl groups excluding tert-OH is 1. The van der Waals surface area contributed by atoms with Crippen molar-refractivity contribution < 1.29 is 9.84 Å². The number of ether oxygens (including phenoxy) is 1. The Bertz CT molecular complexity index is 293. The van der Waals surface area contributed by atoms with Crippen LogP contribution in [0.2, 0.25) is 5.02 Å². The van der Waals surface area contributed by atoms with E-state index in [1.54, 1.807) is 13.2 Å². The van der Waals surface area contributed by atoms with Crippen molar-refractivity contribution in [3.05, 3.63) is 27.8 Å². The minimum absolute atomic E-state index is 0.0543. The summed E-state index contributed by atoms with van der Waals surface area (Å²) < 4.78 is 5.20. The molecule has 1 aromatic carbocycles. The number of halogens is 1. The topological polar surface area (TPSA) is 29.5 Å². The first kappa shape index (κ1) is 10.4. The summed E-state index contributed by atoms with van der Waals surface area (Å²) in [5, 5.41) is 9.67. The molecule has 0 saturated heterocycles. The van der Waals surface area contributed by atoms with Crippen LogP contribution in [0.1, 0.15) is 16.7 Å². The van der Waals surface area contributed by atoms with Gasteiger partial charge in [-0.25, -0.2) is 0 Å². The van der Waals surface area contributed by atoms with E-state index in [4.69, 9.17) is 21.4 Å². The van der Waals surface area contributed by atoms with E-state index in [1.807, 2.05) is 13.8 Å². The maximum atomic E-state index is 9.07. The predicted octanol–water partition coefficient (Wildman–Crippen LogP) is 2.46. The zero-order valence-corrected chi connectivity index (χ0v) is 8.77. The Balaban J connectivity index is 3.39. The first-order valence-electron chi connectivity index (χ1n) is 4.05. The lowest BCUT2D eigenvalue weighted by atomic mass is 10.0. The number of methoxy groups -OCH3 is 1. The van der Waals surface area contributed by atoms with E-state index in [-0.39, 0.29) is 6.61 Å². The molecule has 2 nitrogen and oxygen atoms in total. The molecule has 0 aliphatic heterocycles. The summed E-state index contributed by atoms with van der Waals surface area (Å²) in [5.41, 5.74) is 2.64. The summed E-state index contributed by atoms with van der Waals surface area (Å²) >= 11 is 5.95. The lowest BCUT2D eigenvalue weighted by molar-refractivity contribution is 0.280. The maximum Gasteiger partial charge on any atom is 0.125 e. The molecule has 0 radical (unpaired) electrons. The molecule has 0 atom stereocenters. The quantitative estimate of drug-likeness (QED) is 0.795. The zero-order chi connectivity index (χ0) is 10.0. The third-order valence-corrected chi connectivity index (χ3v) is 2.48. The Morgan fingerprint density at radius 2 is 2.08 bits per heavy atom. The molecule has 0 amide bonds. The molecule has 0 spiro atoms. The molecule has 0 aromatic heterocycles. The van der Waals surface area contributed by atoms with Crippen molar-refractivity contribution in [2.45, 2.75) is 20.5 Å². The SMILES string of the molecule is COc1c(C)cc(Cl)c(CO)c1C. The Hall–Kier alpha value is -0.730. The van der Waals surface area contributed by atoms with Crippen LogP contribution < -0.4 is 4.74 Å². The van der Waals surface area contributed by atoms with Gasteiger partial charge in [-0.2, -0.15) is 0 Å². The number of hydrogen-bond donors (Lipinski definition) is 1. The predicted molar refractivity (Wildman–Crippen MR) is 53.4 cm³/mol. The van der Waals surface area contributed by atoms with Gasteiger partial charge in [0.25, 0.3) is 0 Å². The van der Waals surface area contributed by atoms with Gasteiger partial charge < -0.3 is 9.84 Å². The van der Waals surface area contributed by atoms with Crippen molar-refractivity contribution in [1.82, 2.24) is 0 Å². The standard InChI is InChI=1S/C10H13ClO2/c1-6-4-9(11)8(5-12)7(2)10(6)13-3/h4,12H,5H2,1-3H3. The van der Waals surface area contributed by atoms with Gasteiger partial charge in [0.15, 0.2) is 0 Å². The van der Waals surface area contributed by atoms with E-state index in [2.05, 4.69) is 0 Å². The molecular weight excluding hydrogens is 188 g/mol. The summed E-state index contributed by atoms with van der Waals surface area (Å²) in [6.07, 6.45) is 0. The van der Waals surface area contributed by atoms with Crippen molar-refractivity contribution in [3.63, 3.8) is 0 Å². The summed E-state index contributed by atoms with van der Waals surface area (Å²) in [6, 6.07) is 1.80. The van der Waals surface area contributed by atoms with Crippen LogP contribution in [0.3, 0.4) is 0 Å². The monoisotopic (exact) mass is 200 g/mol. The highest BCUT2D eigenvalue weighted by Gasteiger charge is 2.11. The van der Waals surface area contributed by atoms with Crippen LogP contribution in [0.25, 0.3) is 0 Å². The first-order valence-corrected chi connectivity index (χ1v) is 4.43. The smallest absolute Gasteiger partial charge is 0.125 e. The zero-order valence-electron chi connectivity index (χ0n) is 8.02. The summed E-state index contributed by atoms with van der Waals surface area (Å²) in [7, 11) is 1.62. The molecule has 1 rings (SSSR count). The molecule has 1 N–H and O–H groups in total. The van der Waals surface area contributed by atoms with E-state index in [0.717, 1.165) is 22.4 Å². The molecule has 3 heteroatoms. The number of benzene rings is 1. The molecule has 72 valence electrons. The second-order valence-corrected chi connectivity index (χ2v) is 3.38. The molecule has 0 bridgehead atoms. The Kier molecular flexibility index (Phi) is 3.17. The van der Waals surface area contributed by atoms with Crippen LogP contribution in [-0.2, 0) is 6.61 Å². The van der Waals surface area contributed by atoms with Crippen molar-refractivity contribution in [2.24, 2.45) is 0 Å². The van der Waals surface area contributed by atoms with Gasteiger partial charge in [0.2, 0.25) is 0 Å². The van der Waals surface area contributed by atoms with Crippen molar-refractivity contribution in [1.29, 1.82) is 0 Å². The fourth-order valence-corrected chi connectivity index (χ4v) is 1.83. The number of hydrogen-bond acceptors (Lipinski definition) is 2. The highest BCUT2D eigenvalue weighted by Crippen LogP contribution is 2.31. The van der Waals surface area contributed by atoms with Gasteiger partial charge in [-0.3, -0.25) is 0 Å². The van der Waals surface area contributed by atoms with Gasteiger partial charge in [0.05, 0.1) is 13.7 Å². The third kappa shape index (κ3) is 1.79. The Labute approximate surface area is 83.1 Å². The van der Waals surface area contributed by atoms with E-state index in [0.29, 0.717) is 5.02 Å². The minimum atomic E-state index is -0.0543. The first-order chi connectivity index (χ1) is 6.11. The normalized spacial score (nSPS) is 10.2. The van der Waals surface area contributed by atoms with E-state index >= 15 is 0 Å². The number of rotatable bonds is 2. The molecule has 0 heterocycles. The second-order valence-electron chi connectivity index (χ2n) is 2.97. The van der Waals surface area contributed by atoms with Crippen molar-refractivity contribution in [3.8, 4) is 5.75 Å². The molecule has 0 aliphatic rings. The van der Waals surface area contributed by atoms with E-state index < -0.39 is 0 Å². The van der Waals surface area contributed by atoms with E-state index in [9.17, 15) is 0 Å². The van der Waals surface area contributed by atoms with Crippen LogP contribution >= 0.6 is 11.6 Å². The molecule has 1 aromatic rings.